The van der Waals surface area contributed by atoms with Crippen LogP contribution in [0.15, 0.2) is 12.1 Å². The molecular formula is C11H15NO3. The Morgan fingerprint density at radius 3 is 2.33 bits per heavy atom. The second-order valence-corrected chi connectivity index (χ2v) is 3.76. The molecule has 3 N–H and O–H groups in total. The van der Waals surface area contributed by atoms with Crippen molar-refractivity contribution < 1.29 is 15.0 Å². The summed E-state index contributed by atoms with van der Waals surface area (Å²) < 4.78 is 0. The number of hydrogen-bond acceptors (Lipinski definition) is 3. The molecule has 4 heteroatoms. The monoisotopic (exact) mass is 209 g/mol. The van der Waals surface area contributed by atoms with E-state index in [2.05, 4.69) is 5.32 Å². The van der Waals surface area contributed by atoms with Gasteiger partial charge in [-0.2, -0.15) is 0 Å². The Morgan fingerprint density at radius 1 is 1.27 bits per heavy atom. The number of benzene rings is 1. The van der Waals surface area contributed by atoms with E-state index in [0.29, 0.717) is 11.3 Å². The van der Waals surface area contributed by atoms with Crippen LogP contribution in [0.25, 0.3) is 0 Å². The van der Waals surface area contributed by atoms with Gasteiger partial charge in [-0.3, -0.25) is 4.79 Å². The SMILES string of the molecule is CC(=O)Nc1cc(C(C)C)c(O)cc1O. The zero-order chi connectivity index (χ0) is 11.6. The summed E-state index contributed by atoms with van der Waals surface area (Å²) in [7, 11) is 0. The van der Waals surface area contributed by atoms with E-state index in [-0.39, 0.29) is 23.3 Å². The Morgan fingerprint density at radius 2 is 1.87 bits per heavy atom. The molecule has 0 aliphatic heterocycles. The summed E-state index contributed by atoms with van der Waals surface area (Å²) in [6.07, 6.45) is 0. The van der Waals surface area contributed by atoms with Gasteiger partial charge in [0.15, 0.2) is 0 Å². The van der Waals surface area contributed by atoms with Crippen molar-refractivity contribution in [3.8, 4) is 11.5 Å². The van der Waals surface area contributed by atoms with Crippen molar-refractivity contribution in [3.63, 3.8) is 0 Å². The lowest BCUT2D eigenvalue weighted by atomic mass is 10.0. The van der Waals surface area contributed by atoms with Gasteiger partial charge in [-0.1, -0.05) is 13.8 Å². The van der Waals surface area contributed by atoms with Crippen LogP contribution in [-0.2, 0) is 4.79 Å². The number of phenolic OH excluding ortho intramolecular Hbond substituents is 2. The molecule has 0 aliphatic rings. The summed E-state index contributed by atoms with van der Waals surface area (Å²) in [5.74, 6) is -0.229. The standard InChI is InChI=1S/C11H15NO3/c1-6(2)8-4-9(12-7(3)13)11(15)5-10(8)14/h4-6,14-15H,1-3H3,(H,12,13). The predicted molar refractivity (Wildman–Crippen MR) is 58.2 cm³/mol. The highest BCUT2D eigenvalue weighted by Gasteiger charge is 2.11. The molecule has 0 spiro atoms. The summed E-state index contributed by atoms with van der Waals surface area (Å²) >= 11 is 0. The Hall–Kier alpha value is -1.71. The van der Waals surface area contributed by atoms with Crippen LogP contribution in [0.1, 0.15) is 32.3 Å². The first-order chi connectivity index (χ1) is 6.91. The first-order valence-electron chi connectivity index (χ1n) is 4.75. The van der Waals surface area contributed by atoms with Crippen molar-refractivity contribution in [1.82, 2.24) is 0 Å². The van der Waals surface area contributed by atoms with Gasteiger partial charge in [-0.05, 0) is 17.5 Å². The van der Waals surface area contributed by atoms with Gasteiger partial charge in [0, 0.05) is 13.0 Å². The number of aromatic hydroxyl groups is 2. The molecular weight excluding hydrogens is 194 g/mol. The highest BCUT2D eigenvalue weighted by atomic mass is 16.3. The number of anilines is 1. The highest BCUT2D eigenvalue weighted by molar-refractivity contribution is 5.90. The van der Waals surface area contributed by atoms with Gasteiger partial charge < -0.3 is 15.5 Å². The van der Waals surface area contributed by atoms with Crippen LogP contribution in [0.4, 0.5) is 5.69 Å². The van der Waals surface area contributed by atoms with Crippen molar-refractivity contribution in [1.29, 1.82) is 0 Å². The van der Waals surface area contributed by atoms with E-state index in [9.17, 15) is 15.0 Å². The zero-order valence-corrected chi connectivity index (χ0v) is 9.03. The predicted octanol–water partition coefficient (Wildman–Crippen LogP) is 2.18. The molecule has 0 saturated carbocycles. The quantitative estimate of drug-likeness (QED) is 0.516. The number of hydrogen-bond donors (Lipinski definition) is 3. The van der Waals surface area contributed by atoms with Gasteiger partial charge in [0.2, 0.25) is 5.91 Å². The number of rotatable bonds is 2. The topological polar surface area (TPSA) is 69.6 Å². The zero-order valence-electron chi connectivity index (χ0n) is 9.03. The maximum atomic E-state index is 10.8. The molecule has 15 heavy (non-hydrogen) atoms. The van der Waals surface area contributed by atoms with Gasteiger partial charge in [-0.25, -0.2) is 0 Å². The fourth-order valence-electron chi connectivity index (χ4n) is 1.35. The van der Waals surface area contributed by atoms with Crippen LogP contribution in [0, 0.1) is 0 Å². The first kappa shape index (κ1) is 11.4. The van der Waals surface area contributed by atoms with Crippen LogP contribution in [0.5, 0.6) is 11.5 Å². The van der Waals surface area contributed by atoms with Crippen LogP contribution in [0.2, 0.25) is 0 Å². The fraction of sp³-hybridized carbons (Fsp3) is 0.364. The van der Waals surface area contributed by atoms with Crippen LogP contribution in [-0.4, -0.2) is 16.1 Å². The van der Waals surface area contributed by atoms with Crippen molar-refractivity contribution >= 4 is 11.6 Å². The minimum absolute atomic E-state index is 0.0385. The molecule has 0 fully saturated rings. The lowest BCUT2D eigenvalue weighted by Gasteiger charge is -2.12. The highest BCUT2D eigenvalue weighted by Crippen LogP contribution is 2.35. The van der Waals surface area contributed by atoms with Crippen LogP contribution >= 0.6 is 0 Å². The van der Waals surface area contributed by atoms with Gasteiger partial charge >= 0.3 is 0 Å². The molecule has 1 amide bonds. The minimum atomic E-state index is -0.259. The van der Waals surface area contributed by atoms with Gasteiger partial charge in [0.05, 0.1) is 5.69 Å². The Bertz CT molecular complexity index is 386. The molecule has 0 saturated heterocycles. The molecule has 0 radical (unpaired) electrons. The van der Waals surface area contributed by atoms with Gasteiger partial charge in [0.25, 0.3) is 0 Å². The van der Waals surface area contributed by atoms with E-state index in [1.165, 1.54) is 13.0 Å². The van der Waals surface area contributed by atoms with Gasteiger partial charge in [0.1, 0.15) is 11.5 Å². The lowest BCUT2D eigenvalue weighted by Crippen LogP contribution is -2.06. The van der Waals surface area contributed by atoms with Crippen molar-refractivity contribution in [2.45, 2.75) is 26.7 Å². The van der Waals surface area contributed by atoms with Crippen LogP contribution in [0.3, 0.4) is 0 Å². The average molecular weight is 209 g/mol. The number of nitrogens with one attached hydrogen (secondary N) is 1. The van der Waals surface area contributed by atoms with Crippen molar-refractivity contribution in [3.05, 3.63) is 17.7 Å². The fourth-order valence-corrected chi connectivity index (χ4v) is 1.35. The third kappa shape index (κ3) is 2.62. The smallest absolute Gasteiger partial charge is 0.221 e. The van der Waals surface area contributed by atoms with E-state index in [1.54, 1.807) is 6.07 Å². The maximum absolute atomic E-state index is 10.8. The summed E-state index contributed by atoms with van der Waals surface area (Å²) in [6, 6.07) is 2.82. The molecule has 82 valence electrons. The molecule has 0 unspecified atom stereocenters. The molecule has 1 aromatic carbocycles. The van der Waals surface area contributed by atoms with Crippen molar-refractivity contribution in [2.75, 3.05) is 5.32 Å². The Kier molecular flexibility index (Phi) is 3.19. The van der Waals surface area contributed by atoms with E-state index < -0.39 is 0 Å². The van der Waals surface area contributed by atoms with Crippen LogP contribution < -0.4 is 5.32 Å². The second kappa shape index (κ2) is 4.21. The largest absolute Gasteiger partial charge is 0.508 e. The molecule has 0 heterocycles. The number of carbonyl (C=O) groups excluding carboxylic acids is 1. The summed E-state index contributed by atoms with van der Waals surface area (Å²) in [5, 5.41) is 21.5. The number of amides is 1. The summed E-state index contributed by atoms with van der Waals surface area (Å²) in [5.41, 5.74) is 1.01. The molecule has 1 rings (SSSR count). The molecule has 0 aromatic heterocycles. The maximum Gasteiger partial charge on any atom is 0.221 e. The van der Waals surface area contributed by atoms with E-state index in [0.717, 1.165) is 0 Å². The summed E-state index contributed by atoms with van der Waals surface area (Å²) in [6.45, 7) is 5.20. The first-order valence-corrected chi connectivity index (χ1v) is 4.75. The van der Waals surface area contributed by atoms with E-state index >= 15 is 0 Å². The van der Waals surface area contributed by atoms with E-state index in [4.69, 9.17) is 0 Å². The number of phenols is 2. The van der Waals surface area contributed by atoms with Crippen molar-refractivity contribution in [2.24, 2.45) is 0 Å². The summed E-state index contributed by atoms with van der Waals surface area (Å²) in [4.78, 5) is 10.8. The third-order valence-electron chi connectivity index (χ3n) is 2.08. The minimum Gasteiger partial charge on any atom is -0.508 e. The molecule has 1 aromatic rings. The lowest BCUT2D eigenvalue weighted by molar-refractivity contribution is -0.114. The molecule has 4 nitrogen and oxygen atoms in total. The molecule has 0 bridgehead atoms. The Labute approximate surface area is 88.6 Å². The molecule has 0 aliphatic carbocycles. The second-order valence-electron chi connectivity index (χ2n) is 3.76. The van der Waals surface area contributed by atoms with Gasteiger partial charge in [-0.15, -0.1) is 0 Å². The molecule has 0 atom stereocenters. The van der Waals surface area contributed by atoms with E-state index in [1.807, 2.05) is 13.8 Å². The normalized spacial score (nSPS) is 10.4. The third-order valence-corrected chi connectivity index (χ3v) is 2.08. The number of carbonyl (C=O) groups is 1. The Balaban J connectivity index is 3.17. The average Bonchev–Trinajstić information content (AvgIpc) is 2.08.